The molecule has 1 N–H and O–H groups in total. The average molecular weight is 294 g/mol. The molecule has 0 aliphatic carbocycles. The molecular weight excluding hydrogens is 281 g/mol. The smallest absolute Gasteiger partial charge is 0.222 e. The molecule has 0 bridgehead atoms. The summed E-state index contributed by atoms with van der Waals surface area (Å²) in [7, 11) is 0. The zero-order valence-electron chi connectivity index (χ0n) is 10.6. The number of aromatic nitrogens is 3. The van der Waals surface area contributed by atoms with Gasteiger partial charge in [0.15, 0.2) is 0 Å². The van der Waals surface area contributed by atoms with Gasteiger partial charge in [-0.3, -0.25) is 0 Å². The van der Waals surface area contributed by atoms with Gasteiger partial charge in [-0.15, -0.1) is 0 Å². The Labute approximate surface area is 122 Å². The van der Waals surface area contributed by atoms with Crippen LogP contribution in [0.3, 0.4) is 0 Å². The van der Waals surface area contributed by atoms with Crippen molar-refractivity contribution in [3.63, 3.8) is 0 Å². The molecule has 2 heterocycles. The number of nitrogens with one attached hydrogen (secondary N) is 1. The highest BCUT2D eigenvalue weighted by atomic mass is 35.5. The molecule has 0 fully saturated rings. The molecule has 0 saturated carbocycles. The predicted octanol–water partition coefficient (Wildman–Crippen LogP) is 4.84. The van der Waals surface area contributed by atoms with Gasteiger partial charge in [-0.1, -0.05) is 29.8 Å². The molecule has 0 radical (unpaired) electrons. The van der Waals surface area contributed by atoms with Crippen LogP contribution in [0, 0.1) is 0 Å². The van der Waals surface area contributed by atoms with E-state index in [9.17, 15) is 0 Å². The van der Waals surface area contributed by atoms with Crippen LogP contribution in [-0.2, 0) is 0 Å². The van der Waals surface area contributed by atoms with Gasteiger partial charge >= 0.3 is 0 Å². The van der Waals surface area contributed by atoms with Crippen LogP contribution in [0.25, 0.3) is 23.4 Å². The van der Waals surface area contributed by atoms with Gasteiger partial charge in [-0.25, -0.2) is 9.97 Å². The van der Waals surface area contributed by atoms with E-state index in [0.29, 0.717) is 10.7 Å². The van der Waals surface area contributed by atoms with Crippen LogP contribution in [0.2, 0.25) is 10.3 Å². The minimum Gasteiger partial charge on any atom is -0.360 e. The van der Waals surface area contributed by atoms with Gasteiger partial charge in [0, 0.05) is 23.0 Å². The first kappa shape index (κ1) is 13.8. The number of hydrogen-bond acceptors (Lipinski definition) is 2. The quantitative estimate of drug-likeness (QED) is 0.822. The van der Waals surface area contributed by atoms with E-state index in [0.717, 1.165) is 16.8 Å². The molecule has 0 aliphatic heterocycles. The van der Waals surface area contributed by atoms with Crippen LogP contribution in [0.15, 0.2) is 24.5 Å². The van der Waals surface area contributed by atoms with E-state index >= 15 is 0 Å². The van der Waals surface area contributed by atoms with Gasteiger partial charge in [0.2, 0.25) is 5.28 Å². The predicted molar refractivity (Wildman–Crippen MR) is 81.3 cm³/mol. The lowest BCUT2D eigenvalue weighted by Crippen LogP contribution is -1.89. The Kier molecular flexibility index (Phi) is 4.40. The van der Waals surface area contributed by atoms with E-state index in [4.69, 9.17) is 23.2 Å². The Balaban J connectivity index is 2.65. The fraction of sp³-hybridized carbons (Fsp3) is 0.143. The highest BCUT2D eigenvalue weighted by Crippen LogP contribution is 2.32. The van der Waals surface area contributed by atoms with Gasteiger partial charge in [0.1, 0.15) is 0 Å². The zero-order valence-corrected chi connectivity index (χ0v) is 12.1. The highest BCUT2D eigenvalue weighted by molar-refractivity contribution is 6.33. The molecule has 3 nitrogen and oxygen atoms in total. The standard InChI is InChI=1S/C14H13Cl2N3/c1-3-5-9-10(7-17-12(9)6-4-2)13-11(15)8-18-14(16)19-13/h3-8,17H,1-2H3/b5-3-,6-4-. The summed E-state index contributed by atoms with van der Waals surface area (Å²) in [6.45, 7) is 3.93. The number of nitrogens with zero attached hydrogens (tertiary/aromatic N) is 2. The number of halogens is 2. The monoisotopic (exact) mass is 293 g/mol. The van der Waals surface area contributed by atoms with Crippen molar-refractivity contribution in [3.8, 4) is 11.3 Å². The van der Waals surface area contributed by atoms with Crippen LogP contribution in [-0.4, -0.2) is 15.0 Å². The van der Waals surface area contributed by atoms with Crippen molar-refractivity contribution in [2.24, 2.45) is 0 Å². The number of aromatic amines is 1. The summed E-state index contributed by atoms with van der Waals surface area (Å²) < 4.78 is 0. The van der Waals surface area contributed by atoms with Crippen LogP contribution in [0.4, 0.5) is 0 Å². The third kappa shape index (κ3) is 2.88. The Morgan fingerprint density at radius 3 is 2.58 bits per heavy atom. The summed E-state index contributed by atoms with van der Waals surface area (Å²) in [6.07, 6.45) is 11.3. The summed E-state index contributed by atoms with van der Waals surface area (Å²) in [4.78, 5) is 11.3. The Morgan fingerprint density at radius 1 is 1.16 bits per heavy atom. The third-order valence-corrected chi connectivity index (χ3v) is 3.05. The van der Waals surface area contributed by atoms with E-state index in [1.807, 2.05) is 44.3 Å². The first-order valence-electron chi connectivity index (χ1n) is 5.82. The number of allylic oxidation sites excluding steroid dienone is 2. The van der Waals surface area contributed by atoms with Crippen molar-refractivity contribution in [1.29, 1.82) is 0 Å². The molecule has 0 aromatic carbocycles. The molecule has 0 unspecified atom stereocenters. The maximum Gasteiger partial charge on any atom is 0.222 e. The molecule has 98 valence electrons. The molecule has 0 saturated heterocycles. The Morgan fingerprint density at radius 2 is 1.89 bits per heavy atom. The fourth-order valence-electron chi connectivity index (χ4n) is 1.83. The van der Waals surface area contributed by atoms with Crippen molar-refractivity contribution >= 4 is 35.4 Å². The normalized spacial score (nSPS) is 11.8. The average Bonchev–Trinajstić information content (AvgIpc) is 2.77. The van der Waals surface area contributed by atoms with Crippen LogP contribution in [0.5, 0.6) is 0 Å². The Bertz CT molecular complexity index is 642. The van der Waals surface area contributed by atoms with Crippen molar-refractivity contribution < 1.29 is 0 Å². The van der Waals surface area contributed by atoms with Gasteiger partial charge in [-0.05, 0) is 31.5 Å². The highest BCUT2D eigenvalue weighted by Gasteiger charge is 2.14. The van der Waals surface area contributed by atoms with Gasteiger partial charge in [0.25, 0.3) is 0 Å². The molecule has 2 aromatic heterocycles. The van der Waals surface area contributed by atoms with Crippen LogP contribution < -0.4 is 0 Å². The van der Waals surface area contributed by atoms with E-state index in [-0.39, 0.29) is 5.28 Å². The maximum absolute atomic E-state index is 6.15. The van der Waals surface area contributed by atoms with E-state index in [2.05, 4.69) is 15.0 Å². The summed E-state index contributed by atoms with van der Waals surface area (Å²) in [5, 5.41) is 0.654. The minimum absolute atomic E-state index is 0.180. The minimum atomic E-state index is 0.180. The second-order valence-electron chi connectivity index (χ2n) is 3.87. The summed E-state index contributed by atoms with van der Waals surface area (Å²) in [6, 6.07) is 0. The van der Waals surface area contributed by atoms with E-state index in [1.54, 1.807) is 0 Å². The topological polar surface area (TPSA) is 41.6 Å². The number of hydrogen-bond donors (Lipinski definition) is 1. The van der Waals surface area contributed by atoms with Crippen molar-refractivity contribution in [3.05, 3.63) is 46.1 Å². The molecule has 2 rings (SSSR count). The second-order valence-corrected chi connectivity index (χ2v) is 4.61. The SMILES string of the molecule is C/C=C\c1[nH]cc(-c2nc(Cl)ncc2Cl)c1/C=C\C. The van der Waals surface area contributed by atoms with Crippen molar-refractivity contribution in [2.75, 3.05) is 0 Å². The zero-order chi connectivity index (χ0) is 13.8. The van der Waals surface area contributed by atoms with E-state index < -0.39 is 0 Å². The summed E-state index contributed by atoms with van der Waals surface area (Å²) >= 11 is 12.0. The molecule has 0 spiro atoms. The van der Waals surface area contributed by atoms with E-state index in [1.165, 1.54) is 6.20 Å². The number of H-pyrrole nitrogens is 1. The lowest BCUT2D eigenvalue weighted by atomic mass is 10.1. The molecule has 5 heteroatoms. The molecule has 0 amide bonds. The van der Waals surface area contributed by atoms with Crippen molar-refractivity contribution in [1.82, 2.24) is 15.0 Å². The van der Waals surface area contributed by atoms with Crippen molar-refractivity contribution in [2.45, 2.75) is 13.8 Å². The lowest BCUT2D eigenvalue weighted by Gasteiger charge is -2.03. The largest absolute Gasteiger partial charge is 0.360 e. The maximum atomic E-state index is 6.15. The van der Waals surface area contributed by atoms with Crippen LogP contribution in [0.1, 0.15) is 25.1 Å². The molecule has 19 heavy (non-hydrogen) atoms. The Hall–Kier alpha value is -1.58. The summed E-state index contributed by atoms with van der Waals surface area (Å²) in [5.41, 5.74) is 3.56. The first-order chi connectivity index (χ1) is 9.17. The third-order valence-electron chi connectivity index (χ3n) is 2.59. The molecule has 0 atom stereocenters. The number of rotatable bonds is 3. The summed E-state index contributed by atoms with van der Waals surface area (Å²) in [5.74, 6) is 0. The fourth-order valence-corrected chi connectivity index (χ4v) is 2.16. The van der Waals surface area contributed by atoms with Crippen LogP contribution >= 0.6 is 23.2 Å². The van der Waals surface area contributed by atoms with Gasteiger partial charge in [-0.2, -0.15) is 0 Å². The second kappa shape index (κ2) is 6.04. The van der Waals surface area contributed by atoms with Gasteiger partial charge in [0.05, 0.1) is 16.9 Å². The lowest BCUT2D eigenvalue weighted by molar-refractivity contribution is 1.17. The molecule has 2 aromatic rings. The molecular formula is C14H13Cl2N3. The first-order valence-corrected chi connectivity index (χ1v) is 6.58. The molecule has 0 aliphatic rings. The van der Waals surface area contributed by atoms with Gasteiger partial charge < -0.3 is 4.98 Å².